The number of aliphatic carboxylic acids is 1. The Balaban J connectivity index is 2.95. The second-order valence-corrected chi connectivity index (χ2v) is 4.13. The van der Waals surface area contributed by atoms with Gasteiger partial charge >= 0.3 is 12.1 Å². The summed E-state index contributed by atoms with van der Waals surface area (Å²) in [7, 11) is 0. The van der Waals surface area contributed by atoms with E-state index in [0.29, 0.717) is 0 Å². The maximum absolute atomic E-state index is 12.5. The predicted octanol–water partition coefficient (Wildman–Crippen LogP) is 3.47. The molecule has 0 aliphatic heterocycles. The second kappa shape index (κ2) is 5.48. The number of carbonyl (C=O) groups is 1. The maximum Gasteiger partial charge on any atom is 0.420 e. The van der Waals surface area contributed by atoms with E-state index in [1.54, 1.807) is 0 Å². The number of aromatic hydroxyl groups is 1. The number of carboxylic acids is 1. The number of phenols is 1. The summed E-state index contributed by atoms with van der Waals surface area (Å²) in [5.41, 5.74) is -0.966. The van der Waals surface area contributed by atoms with Crippen molar-refractivity contribution in [3.05, 3.63) is 28.3 Å². The quantitative estimate of drug-likeness (QED) is 0.889. The van der Waals surface area contributed by atoms with E-state index in [1.165, 1.54) is 6.07 Å². The molecular weight excluding hydrogens is 273 g/mol. The van der Waals surface area contributed by atoms with E-state index >= 15 is 0 Å². The van der Waals surface area contributed by atoms with Crippen LogP contribution in [-0.4, -0.2) is 16.2 Å². The van der Waals surface area contributed by atoms with E-state index in [1.807, 2.05) is 0 Å². The zero-order chi connectivity index (χ0) is 13.9. The fourth-order valence-electron chi connectivity index (χ4n) is 1.46. The molecule has 7 heteroatoms. The molecule has 0 fully saturated rings. The molecule has 0 bridgehead atoms. The minimum absolute atomic E-state index is 0.139. The molecule has 0 aliphatic rings. The number of hydrogen-bond donors (Lipinski definition) is 2. The minimum Gasteiger partial charge on any atom is -0.506 e. The average molecular weight is 283 g/mol. The fourth-order valence-corrected chi connectivity index (χ4v) is 1.70. The van der Waals surface area contributed by atoms with Gasteiger partial charge in [0.15, 0.2) is 0 Å². The topological polar surface area (TPSA) is 57.5 Å². The van der Waals surface area contributed by atoms with Crippen LogP contribution in [0, 0.1) is 0 Å². The van der Waals surface area contributed by atoms with Gasteiger partial charge in [-0.3, -0.25) is 4.79 Å². The molecule has 0 heterocycles. The van der Waals surface area contributed by atoms with Gasteiger partial charge in [-0.05, 0) is 30.5 Å². The van der Waals surface area contributed by atoms with Crippen LogP contribution in [0.2, 0.25) is 5.02 Å². The largest absolute Gasteiger partial charge is 0.506 e. The van der Waals surface area contributed by atoms with Gasteiger partial charge in [-0.15, -0.1) is 0 Å². The molecule has 0 atom stereocenters. The molecule has 18 heavy (non-hydrogen) atoms. The van der Waals surface area contributed by atoms with Gasteiger partial charge in [0.25, 0.3) is 0 Å². The third-order valence-electron chi connectivity index (χ3n) is 2.28. The number of aryl methyl sites for hydroxylation is 1. The molecule has 1 aromatic rings. The molecule has 0 radical (unpaired) electrons. The van der Waals surface area contributed by atoms with Crippen molar-refractivity contribution in [3.63, 3.8) is 0 Å². The highest BCUT2D eigenvalue weighted by molar-refractivity contribution is 6.32. The first-order valence-electron chi connectivity index (χ1n) is 5.02. The van der Waals surface area contributed by atoms with Crippen molar-refractivity contribution in [1.29, 1.82) is 0 Å². The summed E-state index contributed by atoms with van der Waals surface area (Å²) >= 11 is 5.50. The smallest absolute Gasteiger partial charge is 0.420 e. The Bertz CT molecular complexity index is 458. The molecule has 100 valence electrons. The van der Waals surface area contributed by atoms with E-state index in [0.717, 1.165) is 6.07 Å². The minimum atomic E-state index is -4.70. The van der Waals surface area contributed by atoms with Gasteiger partial charge in [0.05, 0.1) is 10.6 Å². The van der Waals surface area contributed by atoms with Crippen molar-refractivity contribution >= 4 is 17.6 Å². The van der Waals surface area contributed by atoms with Crippen LogP contribution in [0.1, 0.15) is 24.0 Å². The van der Waals surface area contributed by atoms with Gasteiger partial charge < -0.3 is 10.2 Å². The van der Waals surface area contributed by atoms with E-state index in [2.05, 4.69) is 0 Å². The number of hydrogen-bond acceptors (Lipinski definition) is 2. The number of carboxylic acid groups (broad SMARTS) is 1. The summed E-state index contributed by atoms with van der Waals surface area (Å²) in [5.74, 6) is -2.03. The van der Waals surface area contributed by atoms with Crippen molar-refractivity contribution < 1.29 is 28.2 Å². The molecule has 2 N–H and O–H groups in total. The molecule has 0 saturated heterocycles. The molecule has 0 aromatic heterocycles. The first-order valence-corrected chi connectivity index (χ1v) is 5.40. The summed E-state index contributed by atoms with van der Waals surface area (Å²) in [4.78, 5) is 10.3. The van der Waals surface area contributed by atoms with Crippen LogP contribution in [0.15, 0.2) is 12.1 Å². The van der Waals surface area contributed by atoms with Gasteiger partial charge in [0.2, 0.25) is 0 Å². The molecule has 0 spiro atoms. The Kier molecular flexibility index (Phi) is 4.45. The van der Waals surface area contributed by atoms with Gasteiger partial charge in [-0.25, -0.2) is 0 Å². The van der Waals surface area contributed by atoms with E-state index < -0.39 is 28.5 Å². The van der Waals surface area contributed by atoms with Crippen molar-refractivity contribution in [2.24, 2.45) is 0 Å². The van der Waals surface area contributed by atoms with Crippen LogP contribution in [0.4, 0.5) is 13.2 Å². The number of halogens is 4. The van der Waals surface area contributed by atoms with Crippen LogP contribution in [0.5, 0.6) is 5.75 Å². The Morgan fingerprint density at radius 2 is 1.94 bits per heavy atom. The molecule has 0 aliphatic carbocycles. The number of benzene rings is 1. The van der Waals surface area contributed by atoms with E-state index in [9.17, 15) is 23.1 Å². The average Bonchev–Trinajstić information content (AvgIpc) is 2.20. The zero-order valence-corrected chi connectivity index (χ0v) is 9.85. The van der Waals surface area contributed by atoms with Crippen molar-refractivity contribution in [2.75, 3.05) is 0 Å². The van der Waals surface area contributed by atoms with E-state index in [4.69, 9.17) is 16.7 Å². The Hall–Kier alpha value is -1.43. The van der Waals surface area contributed by atoms with Crippen molar-refractivity contribution in [1.82, 2.24) is 0 Å². The van der Waals surface area contributed by atoms with Crippen molar-refractivity contribution in [3.8, 4) is 5.75 Å². The molecule has 0 saturated carbocycles. The standard InChI is InChI=1S/C11H10ClF3O3/c12-8-5-6(2-1-3-9(16)17)4-7(10(8)18)11(13,14)15/h4-5,18H,1-3H2,(H,16,17). The maximum atomic E-state index is 12.5. The monoisotopic (exact) mass is 282 g/mol. The third-order valence-corrected chi connectivity index (χ3v) is 2.57. The number of rotatable bonds is 4. The summed E-state index contributed by atoms with van der Waals surface area (Å²) in [5, 5.41) is 17.3. The van der Waals surface area contributed by atoms with Crippen LogP contribution >= 0.6 is 11.6 Å². The fraction of sp³-hybridized carbons (Fsp3) is 0.364. The van der Waals surface area contributed by atoms with Gasteiger partial charge in [0, 0.05) is 6.42 Å². The lowest BCUT2D eigenvalue weighted by atomic mass is 10.0. The lowest BCUT2D eigenvalue weighted by Gasteiger charge is -2.12. The highest BCUT2D eigenvalue weighted by Gasteiger charge is 2.35. The molecule has 0 unspecified atom stereocenters. The summed E-state index contributed by atoms with van der Waals surface area (Å²) in [6.07, 6.45) is -4.49. The zero-order valence-electron chi connectivity index (χ0n) is 9.09. The summed E-state index contributed by atoms with van der Waals surface area (Å²) in [6, 6.07) is 1.98. The summed E-state index contributed by atoms with van der Waals surface area (Å²) < 4.78 is 37.6. The molecule has 1 rings (SSSR count). The van der Waals surface area contributed by atoms with Gasteiger partial charge in [-0.1, -0.05) is 11.6 Å². The normalized spacial score (nSPS) is 11.6. The molecule has 0 amide bonds. The first kappa shape index (κ1) is 14.6. The number of phenolic OH excluding ortho intramolecular Hbond substituents is 1. The number of alkyl halides is 3. The Labute approximate surface area is 106 Å². The Morgan fingerprint density at radius 3 is 2.44 bits per heavy atom. The molecule has 3 nitrogen and oxygen atoms in total. The van der Waals surface area contributed by atoms with Crippen LogP contribution in [0.25, 0.3) is 0 Å². The Morgan fingerprint density at radius 1 is 1.33 bits per heavy atom. The van der Waals surface area contributed by atoms with Crippen LogP contribution in [0.3, 0.4) is 0 Å². The van der Waals surface area contributed by atoms with Gasteiger partial charge in [0.1, 0.15) is 5.75 Å². The lowest BCUT2D eigenvalue weighted by Crippen LogP contribution is -2.06. The third kappa shape index (κ3) is 3.80. The molecule has 1 aromatic carbocycles. The second-order valence-electron chi connectivity index (χ2n) is 3.72. The van der Waals surface area contributed by atoms with Crippen molar-refractivity contribution in [2.45, 2.75) is 25.4 Å². The SMILES string of the molecule is O=C(O)CCCc1cc(Cl)c(O)c(C(F)(F)F)c1. The first-order chi connectivity index (χ1) is 8.21. The predicted molar refractivity (Wildman–Crippen MR) is 58.7 cm³/mol. The van der Waals surface area contributed by atoms with E-state index in [-0.39, 0.29) is 24.8 Å². The highest BCUT2D eigenvalue weighted by atomic mass is 35.5. The lowest BCUT2D eigenvalue weighted by molar-refractivity contribution is -0.139. The highest BCUT2D eigenvalue weighted by Crippen LogP contribution is 2.40. The summed E-state index contributed by atoms with van der Waals surface area (Å²) in [6.45, 7) is 0. The van der Waals surface area contributed by atoms with Gasteiger partial charge in [-0.2, -0.15) is 13.2 Å². The van der Waals surface area contributed by atoms with Crippen LogP contribution < -0.4 is 0 Å². The molecular formula is C11H10ClF3O3. The van der Waals surface area contributed by atoms with Crippen LogP contribution in [-0.2, 0) is 17.4 Å².